The monoisotopic (exact) mass is 410 g/mol. The molecule has 8 heteroatoms. The number of benzene rings is 1. The largest absolute Gasteiger partial charge is 0.496 e. The van der Waals surface area contributed by atoms with E-state index in [0.29, 0.717) is 18.9 Å². The van der Waals surface area contributed by atoms with Crippen LogP contribution in [0.2, 0.25) is 5.02 Å². The minimum atomic E-state index is -0.184. The van der Waals surface area contributed by atoms with E-state index in [0.717, 1.165) is 17.9 Å². The molecule has 1 amide bonds. The quantitative estimate of drug-likeness (QED) is 0.835. The number of nitrogens with zero attached hydrogens (tertiary/aromatic N) is 3. The summed E-state index contributed by atoms with van der Waals surface area (Å²) in [7, 11) is 1.64. The molecule has 0 aliphatic carbocycles. The smallest absolute Gasteiger partial charge is 0.274 e. The SMILES string of the molecule is COc1ccccc1C1CNCCN1C(=O)c1nc(C(C)C)ncc1Cl.Cl. The molecule has 1 aliphatic rings. The van der Waals surface area contributed by atoms with Gasteiger partial charge >= 0.3 is 0 Å². The van der Waals surface area contributed by atoms with E-state index in [9.17, 15) is 4.79 Å². The van der Waals surface area contributed by atoms with Crippen LogP contribution in [-0.2, 0) is 0 Å². The highest BCUT2D eigenvalue weighted by Crippen LogP contribution is 2.31. The van der Waals surface area contributed by atoms with Crippen molar-refractivity contribution in [3.8, 4) is 5.75 Å². The number of halogens is 2. The fourth-order valence-electron chi connectivity index (χ4n) is 3.11. The predicted octanol–water partition coefficient (Wildman–Crippen LogP) is 3.47. The molecule has 1 fully saturated rings. The summed E-state index contributed by atoms with van der Waals surface area (Å²) in [5.41, 5.74) is 1.22. The average Bonchev–Trinajstić information content (AvgIpc) is 2.67. The fraction of sp³-hybridized carbons (Fsp3) is 0.421. The van der Waals surface area contributed by atoms with Crippen LogP contribution in [0.3, 0.4) is 0 Å². The van der Waals surface area contributed by atoms with E-state index in [1.54, 1.807) is 7.11 Å². The number of piperazine rings is 1. The summed E-state index contributed by atoms with van der Waals surface area (Å²) < 4.78 is 5.49. The van der Waals surface area contributed by atoms with Crippen molar-refractivity contribution in [3.05, 3.63) is 52.6 Å². The third-order valence-electron chi connectivity index (χ3n) is 4.48. The van der Waals surface area contributed by atoms with Crippen LogP contribution >= 0.6 is 24.0 Å². The zero-order chi connectivity index (χ0) is 18.7. The van der Waals surface area contributed by atoms with E-state index in [4.69, 9.17) is 16.3 Å². The third-order valence-corrected chi connectivity index (χ3v) is 4.76. The number of hydrogen-bond acceptors (Lipinski definition) is 5. The maximum atomic E-state index is 13.3. The maximum absolute atomic E-state index is 13.3. The predicted molar refractivity (Wildman–Crippen MR) is 108 cm³/mol. The highest BCUT2D eigenvalue weighted by Gasteiger charge is 2.32. The Balaban J connectivity index is 0.00000261. The van der Waals surface area contributed by atoms with E-state index >= 15 is 0 Å². The number of carbonyl (C=O) groups excluding carboxylic acids is 1. The van der Waals surface area contributed by atoms with Gasteiger partial charge in [-0.15, -0.1) is 12.4 Å². The molecule has 0 radical (unpaired) electrons. The second-order valence-electron chi connectivity index (χ2n) is 6.54. The van der Waals surface area contributed by atoms with Gasteiger partial charge in [-0.05, 0) is 6.07 Å². The van der Waals surface area contributed by atoms with Gasteiger partial charge in [0, 0.05) is 31.1 Å². The van der Waals surface area contributed by atoms with E-state index < -0.39 is 0 Å². The first-order valence-corrected chi connectivity index (χ1v) is 9.07. The molecule has 6 nitrogen and oxygen atoms in total. The lowest BCUT2D eigenvalue weighted by molar-refractivity contribution is 0.0625. The van der Waals surface area contributed by atoms with Gasteiger partial charge in [-0.1, -0.05) is 43.6 Å². The number of rotatable bonds is 4. The Hall–Kier alpha value is -1.89. The molecular weight excluding hydrogens is 387 g/mol. The van der Waals surface area contributed by atoms with Crippen molar-refractivity contribution in [1.29, 1.82) is 0 Å². The number of aromatic nitrogens is 2. The molecule has 1 saturated heterocycles. The van der Waals surface area contributed by atoms with E-state index in [-0.39, 0.29) is 41.0 Å². The van der Waals surface area contributed by atoms with Crippen molar-refractivity contribution in [1.82, 2.24) is 20.2 Å². The van der Waals surface area contributed by atoms with E-state index in [2.05, 4.69) is 15.3 Å². The molecule has 146 valence electrons. The molecule has 3 rings (SSSR count). The summed E-state index contributed by atoms with van der Waals surface area (Å²) in [4.78, 5) is 23.7. The van der Waals surface area contributed by atoms with Gasteiger partial charge in [0.2, 0.25) is 0 Å². The molecule has 0 spiro atoms. The molecule has 1 aliphatic heterocycles. The topological polar surface area (TPSA) is 67.3 Å². The lowest BCUT2D eigenvalue weighted by atomic mass is 10.0. The van der Waals surface area contributed by atoms with Crippen LogP contribution in [0.25, 0.3) is 0 Å². The van der Waals surface area contributed by atoms with Gasteiger partial charge in [-0.2, -0.15) is 0 Å². The van der Waals surface area contributed by atoms with Crippen LogP contribution in [0.5, 0.6) is 5.75 Å². The van der Waals surface area contributed by atoms with Crippen LogP contribution in [0.15, 0.2) is 30.5 Å². The minimum Gasteiger partial charge on any atom is -0.496 e. The average molecular weight is 411 g/mol. The lowest BCUT2D eigenvalue weighted by Crippen LogP contribution is -2.49. The first-order chi connectivity index (χ1) is 12.5. The van der Waals surface area contributed by atoms with Gasteiger partial charge in [0.05, 0.1) is 24.4 Å². The Morgan fingerprint density at radius 2 is 2.11 bits per heavy atom. The number of ether oxygens (including phenoxy) is 1. The number of amides is 1. The van der Waals surface area contributed by atoms with Gasteiger partial charge in [0.25, 0.3) is 5.91 Å². The molecule has 1 unspecified atom stereocenters. The number of methoxy groups -OCH3 is 1. The number of nitrogens with one attached hydrogen (secondary N) is 1. The van der Waals surface area contributed by atoms with Crippen LogP contribution in [0.4, 0.5) is 0 Å². The van der Waals surface area contributed by atoms with Crippen LogP contribution in [0.1, 0.15) is 47.7 Å². The second-order valence-corrected chi connectivity index (χ2v) is 6.95. The molecular formula is C19H24Cl2N4O2. The molecule has 1 N–H and O–H groups in total. The lowest BCUT2D eigenvalue weighted by Gasteiger charge is -2.37. The van der Waals surface area contributed by atoms with Gasteiger partial charge in [-0.3, -0.25) is 4.79 Å². The summed E-state index contributed by atoms with van der Waals surface area (Å²) in [5, 5.41) is 3.62. The zero-order valence-corrected chi connectivity index (χ0v) is 17.2. The second kappa shape index (κ2) is 9.35. The van der Waals surface area contributed by atoms with Gasteiger partial charge in [-0.25, -0.2) is 9.97 Å². The molecule has 1 aromatic carbocycles. The van der Waals surface area contributed by atoms with E-state index in [1.165, 1.54) is 6.20 Å². The molecule has 27 heavy (non-hydrogen) atoms. The summed E-state index contributed by atoms with van der Waals surface area (Å²) in [6.45, 7) is 5.90. The number of carbonyl (C=O) groups is 1. The Kier molecular flexibility index (Phi) is 7.41. The first-order valence-electron chi connectivity index (χ1n) is 8.70. The number of hydrogen-bond donors (Lipinski definition) is 1. The Bertz CT molecular complexity index is 801. The molecule has 2 heterocycles. The first kappa shape index (κ1) is 21.4. The molecule has 0 saturated carbocycles. The van der Waals surface area contributed by atoms with Crippen LogP contribution in [0, 0.1) is 0 Å². The standard InChI is InChI=1S/C19H23ClN4O2.ClH/c1-12(2)18-22-10-14(20)17(23-18)19(25)24-9-8-21-11-15(24)13-6-4-5-7-16(13)26-3;/h4-7,10,12,15,21H,8-9,11H2,1-3H3;1H. The van der Waals surface area contributed by atoms with Gasteiger partial charge in [0.15, 0.2) is 5.69 Å². The molecule has 0 bridgehead atoms. The third kappa shape index (κ3) is 4.51. The van der Waals surface area contributed by atoms with Crippen molar-refractivity contribution >= 4 is 29.9 Å². The van der Waals surface area contributed by atoms with Crippen molar-refractivity contribution < 1.29 is 9.53 Å². The summed E-state index contributed by atoms with van der Waals surface area (Å²) in [6, 6.07) is 7.60. The van der Waals surface area contributed by atoms with Crippen LogP contribution in [-0.4, -0.2) is 47.5 Å². The Labute approximate surface area is 170 Å². The molecule has 2 aromatic rings. The fourth-order valence-corrected chi connectivity index (χ4v) is 3.28. The van der Waals surface area contributed by atoms with E-state index in [1.807, 2.05) is 43.0 Å². The summed E-state index contributed by atoms with van der Waals surface area (Å²) in [6.07, 6.45) is 1.51. The maximum Gasteiger partial charge on any atom is 0.274 e. The van der Waals surface area contributed by atoms with Crippen LogP contribution < -0.4 is 10.1 Å². The Morgan fingerprint density at radius 3 is 2.81 bits per heavy atom. The van der Waals surface area contributed by atoms with Crippen molar-refractivity contribution in [3.63, 3.8) is 0 Å². The van der Waals surface area contributed by atoms with Gasteiger partial charge < -0.3 is 15.0 Å². The highest BCUT2D eigenvalue weighted by molar-refractivity contribution is 6.33. The van der Waals surface area contributed by atoms with Gasteiger partial charge in [0.1, 0.15) is 11.6 Å². The normalized spacial score (nSPS) is 16.8. The van der Waals surface area contributed by atoms with Crippen molar-refractivity contribution in [2.24, 2.45) is 0 Å². The zero-order valence-electron chi connectivity index (χ0n) is 15.6. The summed E-state index contributed by atoms with van der Waals surface area (Å²) in [5.74, 6) is 1.31. The Morgan fingerprint density at radius 1 is 1.37 bits per heavy atom. The number of para-hydroxylation sites is 1. The minimum absolute atomic E-state index is 0. The molecule has 1 aromatic heterocycles. The van der Waals surface area contributed by atoms with Crippen molar-refractivity contribution in [2.75, 3.05) is 26.7 Å². The summed E-state index contributed by atoms with van der Waals surface area (Å²) >= 11 is 6.25. The van der Waals surface area contributed by atoms with Crippen molar-refractivity contribution in [2.45, 2.75) is 25.8 Å². The highest BCUT2D eigenvalue weighted by atomic mass is 35.5. The molecule has 1 atom stereocenters.